The third-order valence-electron chi connectivity index (χ3n) is 5.03. The molecule has 0 radical (unpaired) electrons. The zero-order valence-electron chi connectivity index (χ0n) is 14.6. The van der Waals surface area contributed by atoms with Gasteiger partial charge in [-0.15, -0.1) is 0 Å². The first-order valence-electron chi connectivity index (χ1n) is 9.13. The molecule has 6 heteroatoms. The minimum absolute atomic E-state index is 0.00586. The summed E-state index contributed by atoms with van der Waals surface area (Å²) < 4.78 is 5.27. The standard InChI is InChI=1S/C19H27N3O3/c20-16-3-1-2-15(13-16)19(24)21-17-6-4-14(5-7-17)12-18(23)22-8-10-25-11-9-22/h4-7,15-16H,1-3,8-13,20H2,(H,21,24). The van der Waals surface area contributed by atoms with Crippen LogP contribution in [0.3, 0.4) is 0 Å². The normalized spacial score (nSPS) is 24.0. The lowest BCUT2D eigenvalue weighted by molar-refractivity contribution is -0.134. The Balaban J connectivity index is 1.51. The minimum Gasteiger partial charge on any atom is -0.378 e. The van der Waals surface area contributed by atoms with Crippen LogP contribution >= 0.6 is 0 Å². The summed E-state index contributed by atoms with van der Waals surface area (Å²) in [6, 6.07) is 7.67. The number of ether oxygens (including phenoxy) is 1. The molecule has 1 saturated heterocycles. The fourth-order valence-electron chi connectivity index (χ4n) is 3.52. The monoisotopic (exact) mass is 345 g/mol. The van der Waals surface area contributed by atoms with Gasteiger partial charge >= 0.3 is 0 Å². The summed E-state index contributed by atoms with van der Waals surface area (Å²) in [4.78, 5) is 26.4. The number of nitrogens with zero attached hydrogens (tertiary/aromatic N) is 1. The van der Waals surface area contributed by atoms with Crippen LogP contribution in [0, 0.1) is 5.92 Å². The highest BCUT2D eigenvalue weighted by atomic mass is 16.5. The van der Waals surface area contributed by atoms with Crippen molar-refractivity contribution in [2.75, 3.05) is 31.6 Å². The van der Waals surface area contributed by atoms with Gasteiger partial charge in [0, 0.05) is 30.7 Å². The molecule has 1 heterocycles. The summed E-state index contributed by atoms with van der Waals surface area (Å²) in [5, 5.41) is 2.97. The second kappa shape index (κ2) is 8.45. The van der Waals surface area contributed by atoms with Crippen molar-refractivity contribution < 1.29 is 14.3 Å². The molecule has 1 saturated carbocycles. The number of carbonyl (C=O) groups excluding carboxylic acids is 2. The van der Waals surface area contributed by atoms with E-state index in [1.54, 1.807) is 0 Å². The predicted molar refractivity (Wildman–Crippen MR) is 96.1 cm³/mol. The van der Waals surface area contributed by atoms with E-state index in [0.717, 1.165) is 36.9 Å². The predicted octanol–water partition coefficient (Wildman–Crippen LogP) is 1.54. The first-order valence-corrected chi connectivity index (χ1v) is 9.13. The zero-order valence-corrected chi connectivity index (χ0v) is 14.6. The third kappa shape index (κ3) is 5.03. The number of anilines is 1. The number of rotatable bonds is 4. The van der Waals surface area contributed by atoms with E-state index in [4.69, 9.17) is 10.5 Å². The fourth-order valence-corrected chi connectivity index (χ4v) is 3.52. The number of hydrogen-bond acceptors (Lipinski definition) is 4. The smallest absolute Gasteiger partial charge is 0.227 e. The van der Waals surface area contributed by atoms with Gasteiger partial charge in [0.1, 0.15) is 0 Å². The number of benzene rings is 1. The summed E-state index contributed by atoms with van der Waals surface area (Å²) in [5.74, 6) is 0.176. The maximum atomic E-state index is 12.3. The molecule has 2 fully saturated rings. The van der Waals surface area contributed by atoms with Crippen molar-refractivity contribution in [3.8, 4) is 0 Å². The summed E-state index contributed by atoms with van der Waals surface area (Å²) in [6.07, 6.45) is 4.08. The maximum absolute atomic E-state index is 12.3. The van der Waals surface area contributed by atoms with Crippen LogP contribution in [0.2, 0.25) is 0 Å². The van der Waals surface area contributed by atoms with Gasteiger partial charge in [0.05, 0.1) is 19.6 Å². The Morgan fingerprint density at radius 1 is 1.16 bits per heavy atom. The molecule has 3 rings (SSSR count). The molecular weight excluding hydrogens is 318 g/mol. The van der Waals surface area contributed by atoms with Gasteiger partial charge in [0.25, 0.3) is 0 Å². The van der Waals surface area contributed by atoms with Crippen LogP contribution in [0.25, 0.3) is 0 Å². The number of nitrogens with two attached hydrogens (primary N) is 1. The average molecular weight is 345 g/mol. The van der Waals surface area contributed by atoms with Crippen LogP contribution in [0.1, 0.15) is 31.2 Å². The van der Waals surface area contributed by atoms with Gasteiger partial charge in [-0.2, -0.15) is 0 Å². The van der Waals surface area contributed by atoms with Gasteiger partial charge in [-0.3, -0.25) is 9.59 Å². The lowest BCUT2D eigenvalue weighted by Crippen LogP contribution is -2.41. The average Bonchev–Trinajstić information content (AvgIpc) is 2.64. The largest absolute Gasteiger partial charge is 0.378 e. The van der Waals surface area contributed by atoms with E-state index >= 15 is 0 Å². The van der Waals surface area contributed by atoms with Gasteiger partial charge in [0.2, 0.25) is 11.8 Å². The van der Waals surface area contributed by atoms with Crippen LogP contribution in [0.4, 0.5) is 5.69 Å². The van der Waals surface area contributed by atoms with E-state index in [9.17, 15) is 9.59 Å². The van der Waals surface area contributed by atoms with E-state index < -0.39 is 0 Å². The molecule has 0 bridgehead atoms. The molecular formula is C19H27N3O3. The first kappa shape index (κ1) is 17.9. The van der Waals surface area contributed by atoms with Gasteiger partial charge in [-0.1, -0.05) is 18.6 Å². The highest BCUT2D eigenvalue weighted by Crippen LogP contribution is 2.24. The van der Waals surface area contributed by atoms with Gasteiger partial charge in [-0.25, -0.2) is 0 Å². The molecule has 1 aliphatic heterocycles. The van der Waals surface area contributed by atoms with Crippen molar-refractivity contribution in [1.82, 2.24) is 4.90 Å². The number of amides is 2. The van der Waals surface area contributed by atoms with E-state index in [0.29, 0.717) is 32.7 Å². The second-order valence-electron chi connectivity index (χ2n) is 6.98. The third-order valence-corrected chi connectivity index (χ3v) is 5.03. The Labute approximate surface area is 148 Å². The molecule has 1 aliphatic carbocycles. The Kier molecular flexibility index (Phi) is 6.04. The Morgan fingerprint density at radius 3 is 2.56 bits per heavy atom. The van der Waals surface area contributed by atoms with E-state index in [1.165, 1.54) is 0 Å². The molecule has 0 spiro atoms. The second-order valence-corrected chi connectivity index (χ2v) is 6.98. The van der Waals surface area contributed by atoms with Crippen LogP contribution in [0.5, 0.6) is 0 Å². The summed E-state index contributed by atoms with van der Waals surface area (Å²) in [6.45, 7) is 2.55. The molecule has 2 aliphatic rings. The molecule has 0 aromatic heterocycles. The van der Waals surface area contributed by atoms with E-state index in [2.05, 4.69) is 5.32 Å². The molecule has 3 N–H and O–H groups in total. The fraction of sp³-hybridized carbons (Fsp3) is 0.579. The van der Waals surface area contributed by atoms with Crippen LogP contribution in [-0.2, 0) is 20.7 Å². The molecule has 1 aromatic carbocycles. The summed E-state index contributed by atoms with van der Waals surface area (Å²) in [5.41, 5.74) is 7.68. The van der Waals surface area contributed by atoms with Crippen molar-refractivity contribution in [3.05, 3.63) is 29.8 Å². The van der Waals surface area contributed by atoms with Crippen LogP contribution in [0.15, 0.2) is 24.3 Å². The quantitative estimate of drug-likeness (QED) is 0.867. The molecule has 2 atom stereocenters. The van der Waals surface area contributed by atoms with Gasteiger partial charge < -0.3 is 20.7 Å². The highest BCUT2D eigenvalue weighted by molar-refractivity contribution is 5.92. The number of carbonyl (C=O) groups is 2. The molecule has 6 nitrogen and oxygen atoms in total. The first-order chi connectivity index (χ1) is 12.1. The van der Waals surface area contributed by atoms with Crippen molar-refractivity contribution in [3.63, 3.8) is 0 Å². The van der Waals surface area contributed by atoms with E-state index in [1.807, 2.05) is 29.2 Å². The van der Waals surface area contributed by atoms with Gasteiger partial charge in [-0.05, 0) is 37.0 Å². The molecule has 2 amide bonds. The number of morpholine rings is 1. The minimum atomic E-state index is 0.00586. The Morgan fingerprint density at radius 2 is 1.88 bits per heavy atom. The molecule has 25 heavy (non-hydrogen) atoms. The summed E-state index contributed by atoms with van der Waals surface area (Å²) >= 11 is 0. The van der Waals surface area contributed by atoms with Crippen molar-refractivity contribution in [2.45, 2.75) is 38.1 Å². The van der Waals surface area contributed by atoms with Crippen molar-refractivity contribution >= 4 is 17.5 Å². The molecule has 2 unspecified atom stereocenters. The maximum Gasteiger partial charge on any atom is 0.227 e. The Bertz CT molecular complexity index is 596. The SMILES string of the molecule is NC1CCCC(C(=O)Nc2ccc(CC(=O)N3CCOCC3)cc2)C1. The highest BCUT2D eigenvalue weighted by Gasteiger charge is 2.25. The topological polar surface area (TPSA) is 84.7 Å². The number of nitrogens with one attached hydrogen (secondary N) is 1. The van der Waals surface area contributed by atoms with Crippen LogP contribution in [-0.4, -0.2) is 49.1 Å². The van der Waals surface area contributed by atoms with Crippen molar-refractivity contribution in [1.29, 1.82) is 0 Å². The van der Waals surface area contributed by atoms with Crippen molar-refractivity contribution in [2.24, 2.45) is 11.7 Å². The molecule has 1 aromatic rings. The van der Waals surface area contributed by atoms with E-state index in [-0.39, 0.29) is 23.8 Å². The van der Waals surface area contributed by atoms with Gasteiger partial charge in [0.15, 0.2) is 0 Å². The lowest BCUT2D eigenvalue weighted by atomic mass is 9.85. The number of hydrogen-bond donors (Lipinski definition) is 2. The Hall–Kier alpha value is -1.92. The summed E-state index contributed by atoms with van der Waals surface area (Å²) in [7, 11) is 0. The van der Waals surface area contributed by atoms with Crippen LogP contribution < -0.4 is 11.1 Å². The lowest BCUT2D eigenvalue weighted by Gasteiger charge is -2.27. The molecule has 136 valence electrons. The zero-order chi connectivity index (χ0) is 17.6.